The van der Waals surface area contributed by atoms with Gasteiger partial charge in [0.15, 0.2) is 0 Å². The standard InChI is InChI=1S/C21H22ClN5O3/c1-14-4-6-15(7-5-14)19(25(2)3)13-23-18-12-24-26(21(28)20(18)22)16-8-10-17(11-9-16)27(29)30/h4-12,19,23H,13H2,1-3H3. The van der Waals surface area contributed by atoms with Crippen molar-refractivity contribution in [2.24, 2.45) is 0 Å². The summed E-state index contributed by atoms with van der Waals surface area (Å²) < 4.78 is 1.11. The third-order valence-corrected chi connectivity index (χ3v) is 5.16. The van der Waals surface area contributed by atoms with Crippen LogP contribution in [0.3, 0.4) is 0 Å². The number of likely N-dealkylation sites (N-methyl/N-ethyl adjacent to an activating group) is 1. The predicted molar refractivity (Wildman–Crippen MR) is 118 cm³/mol. The van der Waals surface area contributed by atoms with Crippen LogP contribution in [0.15, 0.2) is 59.5 Å². The number of nitro groups is 1. The van der Waals surface area contributed by atoms with Gasteiger partial charge in [0.1, 0.15) is 5.02 Å². The molecule has 0 saturated carbocycles. The van der Waals surface area contributed by atoms with E-state index in [1.165, 1.54) is 36.0 Å². The molecule has 0 bridgehead atoms. The summed E-state index contributed by atoms with van der Waals surface area (Å²) in [6, 6.07) is 13.9. The van der Waals surface area contributed by atoms with Gasteiger partial charge in [0.25, 0.3) is 11.2 Å². The Kier molecular flexibility index (Phi) is 6.49. The molecule has 1 N–H and O–H groups in total. The lowest BCUT2D eigenvalue weighted by atomic mass is 10.0. The summed E-state index contributed by atoms with van der Waals surface area (Å²) in [4.78, 5) is 25.1. The van der Waals surface area contributed by atoms with Crippen molar-refractivity contribution in [2.45, 2.75) is 13.0 Å². The van der Waals surface area contributed by atoms with E-state index in [-0.39, 0.29) is 16.8 Å². The minimum absolute atomic E-state index is 0.00441. The van der Waals surface area contributed by atoms with E-state index in [1.807, 2.05) is 21.0 Å². The number of halogens is 1. The number of hydrogen-bond acceptors (Lipinski definition) is 6. The van der Waals surface area contributed by atoms with Crippen molar-refractivity contribution in [1.29, 1.82) is 0 Å². The molecule has 3 rings (SSSR count). The molecule has 9 heteroatoms. The summed E-state index contributed by atoms with van der Waals surface area (Å²) >= 11 is 6.30. The van der Waals surface area contributed by atoms with Crippen LogP contribution in [-0.4, -0.2) is 40.2 Å². The number of non-ortho nitro benzene ring substituents is 1. The Morgan fingerprint density at radius 1 is 1.17 bits per heavy atom. The zero-order valence-electron chi connectivity index (χ0n) is 16.9. The average Bonchev–Trinajstić information content (AvgIpc) is 2.72. The topological polar surface area (TPSA) is 93.3 Å². The molecule has 0 aliphatic heterocycles. The van der Waals surface area contributed by atoms with Crippen molar-refractivity contribution >= 4 is 23.0 Å². The Hall–Kier alpha value is -3.23. The van der Waals surface area contributed by atoms with Gasteiger partial charge in [-0.25, -0.2) is 0 Å². The van der Waals surface area contributed by atoms with Gasteiger partial charge in [0, 0.05) is 18.7 Å². The number of nitro benzene ring substituents is 1. The molecule has 1 heterocycles. The second-order valence-corrected chi connectivity index (χ2v) is 7.51. The quantitative estimate of drug-likeness (QED) is 0.455. The molecular formula is C21H22ClN5O3. The maximum absolute atomic E-state index is 12.7. The lowest BCUT2D eigenvalue weighted by Crippen LogP contribution is -2.28. The first kappa shape index (κ1) is 21.5. The summed E-state index contributed by atoms with van der Waals surface area (Å²) in [7, 11) is 3.97. The number of rotatable bonds is 7. The van der Waals surface area contributed by atoms with Crippen LogP contribution in [0.25, 0.3) is 5.69 Å². The van der Waals surface area contributed by atoms with Gasteiger partial charge >= 0.3 is 0 Å². The highest BCUT2D eigenvalue weighted by Crippen LogP contribution is 2.22. The summed E-state index contributed by atoms with van der Waals surface area (Å²) in [5.41, 5.74) is 2.57. The monoisotopic (exact) mass is 427 g/mol. The van der Waals surface area contributed by atoms with Gasteiger partial charge in [-0.3, -0.25) is 14.9 Å². The number of benzene rings is 2. The van der Waals surface area contributed by atoms with Crippen molar-refractivity contribution in [2.75, 3.05) is 26.0 Å². The maximum atomic E-state index is 12.7. The van der Waals surface area contributed by atoms with Gasteiger partial charge < -0.3 is 10.2 Å². The van der Waals surface area contributed by atoms with E-state index in [0.29, 0.717) is 17.9 Å². The highest BCUT2D eigenvalue weighted by Gasteiger charge is 2.17. The van der Waals surface area contributed by atoms with Crippen molar-refractivity contribution < 1.29 is 4.92 Å². The van der Waals surface area contributed by atoms with Gasteiger partial charge in [-0.1, -0.05) is 41.4 Å². The zero-order valence-corrected chi connectivity index (χ0v) is 17.6. The van der Waals surface area contributed by atoms with Gasteiger partial charge in [0.05, 0.1) is 28.5 Å². The highest BCUT2D eigenvalue weighted by molar-refractivity contribution is 6.32. The molecule has 0 amide bonds. The SMILES string of the molecule is Cc1ccc(C(CNc2cnn(-c3ccc([N+](=O)[O-])cc3)c(=O)c2Cl)N(C)C)cc1. The van der Waals surface area contributed by atoms with E-state index in [0.717, 1.165) is 10.2 Å². The minimum atomic E-state index is -0.507. The van der Waals surface area contributed by atoms with Gasteiger partial charge in [-0.2, -0.15) is 9.78 Å². The van der Waals surface area contributed by atoms with Crippen LogP contribution in [0.1, 0.15) is 17.2 Å². The number of aromatic nitrogens is 2. The van der Waals surface area contributed by atoms with E-state index < -0.39 is 10.5 Å². The summed E-state index contributed by atoms with van der Waals surface area (Å²) in [5, 5.41) is 18.2. The molecule has 0 radical (unpaired) electrons. The highest BCUT2D eigenvalue weighted by atomic mass is 35.5. The molecule has 0 aliphatic rings. The molecule has 30 heavy (non-hydrogen) atoms. The van der Waals surface area contributed by atoms with Crippen LogP contribution in [0.2, 0.25) is 5.02 Å². The fourth-order valence-corrected chi connectivity index (χ4v) is 3.24. The van der Waals surface area contributed by atoms with Crippen LogP contribution in [0, 0.1) is 17.0 Å². The number of anilines is 1. The Morgan fingerprint density at radius 3 is 2.37 bits per heavy atom. The molecule has 2 aromatic carbocycles. The second-order valence-electron chi connectivity index (χ2n) is 7.13. The van der Waals surface area contributed by atoms with Crippen molar-refractivity contribution in [1.82, 2.24) is 14.7 Å². The zero-order chi connectivity index (χ0) is 21.8. The maximum Gasteiger partial charge on any atom is 0.292 e. The summed E-state index contributed by atoms with van der Waals surface area (Å²) in [6.45, 7) is 2.57. The molecule has 156 valence electrons. The largest absolute Gasteiger partial charge is 0.380 e. The van der Waals surface area contributed by atoms with Crippen molar-refractivity contribution in [3.05, 3.63) is 91.3 Å². The molecular weight excluding hydrogens is 406 g/mol. The normalized spacial score (nSPS) is 12.0. The first-order chi connectivity index (χ1) is 14.3. The van der Waals surface area contributed by atoms with Crippen LogP contribution in [0.4, 0.5) is 11.4 Å². The van der Waals surface area contributed by atoms with Crippen LogP contribution in [0.5, 0.6) is 0 Å². The first-order valence-corrected chi connectivity index (χ1v) is 9.65. The van der Waals surface area contributed by atoms with Gasteiger partial charge in [0.2, 0.25) is 0 Å². The molecule has 3 aromatic rings. The summed E-state index contributed by atoms with van der Waals surface area (Å²) in [5.74, 6) is 0. The average molecular weight is 428 g/mol. The number of nitrogens with zero attached hydrogens (tertiary/aromatic N) is 4. The Bertz CT molecular complexity index is 1100. The van der Waals surface area contributed by atoms with Gasteiger partial charge in [-0.05, 0) is 38.7 Å². The van der Waals surface area contributed by atoms with Crippen LogP contribution < -0.4 is 10.9 Å². The molecule has 8 nitrogen and oxygen atoms in total. The molecule has 1 aromatic heterocycles. The second kappa shape index (κ2) is 9.06. The van der Waals surface area contributed by atoms with Crippen molar-refractivity contribution in [3.8, 4) is 5.69 Å². The van der Waals surface area contributed by atoms with E-state index in [1.54, 1.807) is 0 Å². The number of aryl methyl sites for hydroxylation is 1. The molecule has 1 atom stereocenters. The lowest BCUT2D eigenvalue weighted by Gasteiger charge is -2.26. The fraction of sp³-hybridized carbons (Fsp3) is 0.238. The Balaban J connectivity index is 1.82. The van der Waals surface area contributed by atoms with Crippen molar-refractivity contribution in [3.63, 3.8) is 0 Å². The Morgan fingerprint density at radius 2 is 1.80 bits per heavy atom. The van der Waals surface area contributed by atoms with E-state index in [4.69, 9.17) is 11.6 Å². The molecule has 0 spiro atoms. The Labute approximate surface area is 178 Å². The number of nitrogens with one attached hydrogen (secondary N) is 1. The third kappa shape index (κ3) is 4.67. The molecule has 0 aliphatic carbocycles. The summed E-state index contributed by atoms with van der Waals surface area (Å²) in [6.07, 6.45) is 1.48. The first-order valence-electron chi connectivity index (χ1n) is 9.27. The lowest BCUT2D eigenvalue weighted by molar-refractivity contribution is -0.384. The molecule has 0 saturated heterocycles. The minimum Gasteiger partial charge on any atom is -0.380 e. The van der Waals surface area contributed by atoms with E-state index in [9.17, 15) is 14.9 Å². The third-order valence-electron chi connectivity index (χ3n) is 4.80. The van der Waals surface area contributed by atoms with Crippen LogP contribution in [-0.2, 0) is 0 Å². The van der Waals surface area contributed by atoms with Crippen LogP contribution >= 0.6 is 11.6 Å². The smallest absolute Gasteiger partial charge is 0.292 e. The van der Waals surface area contributed by atoms with E-state index >= 15 is 0 Å². The van der Waals surface area contributed by atoms with Gasteiger partial charge in [-0.15, -0.1) is 0 Å². The number of hydrogen-bond donors (Lipinski definition) is 1. The predicted octanol–water partition coefficient (Wildman–Crippen LogP) is 3.82. The van der Waals surface area contributed by atoms with E-state index in [2.05, 4.69) is 39.6 Å². The molecule has 0 fully saturated rings. The fourth-order valence-electron chi connectivity index (χ4n) is 3.05. The molecule has 1 unspecified atom stereocenters.